The number of halogens is 3. The molecule has 4 nitrogen and oxygen atoms in total. The van der Waals surface area contributed by atoms with Crippen molar-refractivity contribution in [1.82, 2.24) is 19.9 Å². The average molecular weight is 248 g/mol. The van der Waals surface area contributed by atoms with Crippen molar-refractivity contribution in [3.8, 4) is 0 Å². The predicted molar refractivity (Wildman–Crippen MR) is 55.2 cm³/mol. The molecule has 0 aliphatic carbocycles. The highest BCUT2D eigenvalue weighted by Gasteiger charge is 2.40. The Bertz CT molecular complexity index is 328. The SMILES string of the molecule is FC(F)(F)C1CCN(CCn2ccnn2)CC1. The second-order valence-corrected chi connectivity index (χ2v) is 4.32. The van der Waals surface area contributed by atoms with Crippen molar-refractivity contribution >= 4 is 0 Å². The summed E-state index contributed by atoms with van der Waals surface area (Å²) in [6.45, 7) is 2.43. The quantitative estimate of drug-likeness (QED) is 0.814. The third-order valence-electron chi connectivity index (χ3n) is 3.17. The molecule has 96 valence electrons. The highest BCUT2D eigenvalue weighted by molar-refractivity contribution is 4.77. The summed E-state index contributed by atoms with van der Waals surface area (Å²) in [5.41, 5.74) is 0. The second-order valence-electron chi connectivity index (χ2n) is 4.32. The first-order valence-corrected chi connectivity index (χ1v) is 5.69. The lowest BCUT2D eigenvalue weighted by Crippen LogP contribution is -2.40. The van der Waals surface area contributed by atoms with Crippen molar-refractivity contribution in [3.63, 3.8) is 0 Å². The number of rotatable bonds is 3. The molecule has 2 heterocycles. The Balaban J connectivity index is 1.72. The molecule has 0 radical (unpaired) electrons. The molecule has 0 atom stereocenters. The van der Waals surface area contributed by atoms with Gasteiger partial charge in [-0.2, -0.15) is 13.2 Å². The van der Waals surface area contributed by atoms with Crippen molar-refractivity contribution < 1.29 is 13.2 Å². The first kappa shape index (κ1) is 12.3. The fourth-order valence-electron chi connectivity index (χ4n) is 2.08. The lowest BCUT2D eigenvalue weighted by Gasteiger charge is -2.32. The van der Waals surface area contributed by atoms with Crippen LogP contribution in [-0.2, 0) is 6.54 Å². The zero-order valence-corrected chi connectivity index (χ0v) is 9.40. The van der Waals surface area contributed by atoms with Crippen LogP contribution in [0.3, 0.4) is 0 Å². The van der Waals surface area contributed by atoms with Gasteiger partial charge in [0.15, 0.2) is 0 Å². The number of hydrogen-bond acceptors (Lipinski definition) is 3. The highest BCUT2D eigenvalue weighted by Crippen LogP contribution is 2.33. The molecule has 0 spiro atoms. The molecular weight excluding hydrogens is 233 g/mol. The minimum absolute atomic E-state index is 0.209. The van der Waals surface area contributed by atoms with E-state index < -0.39 is 12.1 Å². The third-order valence-corrected chi connectivity index (χ3v) is 3.17. The smallest absolute Gasteiger partial charge is 0.301 e. The molecule has 0 bridgehead atoms. The van der Waals surface area contributed by atoms with Gasteiger partial charge in [-0.05, 0) is 25.9 Å². The summed E-state index contributed by atoms with van der Waals surface area (Å²) in [6, 6.07) is 0. The summed E-state index contributed by atoms with van der Waals surface area (Å²) in [5.74, 6) is -1.12. The van der Waals surface area contributed by atoms with E-state index in [0.29, 0.717) is 19.6 Å². The van der Waals surface area contributed by atoms with Gasteiger partial charge in [-0.15, -0.1) is 5.10 Å². The summed E-state index contributed by atoms with van der Waals surface area (Å²) in [4.78, 5) is 2.05. The number of aromatic nitrogens is 3. The van der Waals surface area contributed by atoms with Crippen LogP contribution in [-0.4, -0.2) is 45.7 Å². The molecule has 0 aromatic carbocycles. The normalized spacial score (nSPS) is 19.7. The zero-order valence-electron chi connectivity index (χ0n) is 9.40. The maximum Gasteiger partial charge on any atom is 0.391 e. The molecule has 1 aliphatic rings. The summed E-state index contributed by atoms with van der Waals surface area (Å²) >= 11 is 0. The third kappa shape index (κ3) is 3.42. The minimum Gasteiger partial charge on any atom is -0.301 e. The monoisotopic (exact) mass is 248 g/mol. The Labute approximate surface area is 97.4 Å². The van der Waals surface area contributed by atoms with Gasteiger partial charge in [0.05, 0.1) is 18.7 Å². The fourth-order valence-corrected chi connectivity index (χ4v) is 2.08. The maximum atomic E-state index is 12.4. The Hall–Kier alpha value is -1.11. The standard InChI is InChI=1S/C10H15F3N4/c11-10(12,13)9-1-4-16(5-2-9)7-8-17-6-3-14-15-17/h3,6,9H,1-2,4-5,7-8H2. The number of likely N-dealkylation sites (tertiary alicyclic amines) is 1. The molecule has 1 aromatic rings. The molecule has 1 aromatic heterocycles. The predicted octanol–water partition coefficient (Wildman–Crippen LogP) is 1.55. The van der Waals surface area contributed by atoms with Crippen LogP contribution in [0, 0.1) is 5.92 Å². The van der Waals surface area contributed by atoms with Crippen LogP contribution in [0.15, 0.2) is 12.4 Å². The largest absolute Gasteiger partial charge is 0.391 e. The van der Waals surface area contributed by atoms with Gasteiger partial charge in [0, 0.05) is 12.7 Å². The topological polar surface area (TPSA) is 34.0 Å². The molecule has 7 heteroatoms. The van der Waals surface area contributed by atoms with Gasteiger partial charge < -0.3 is 4.90 Å². The summed E-state index contributed by atoms with van der Waals surface area (Å²) in [5, 5.41) is 7.49. The van der Waals surface area contributed by atoms with Gasteiger partial charge in [-0.3, -0.25) is 4.68 Å². The summed E-state index contributed by atoms with van der Waals surface area (Å²) in [6.07, 6.45) is -0.266. The van der Waals surface area contributed by atoms with Crippen LogP contribution < -0.4 is 0 Å². The van der Waals surface area contributed by atoms with E-state index in [9.17, 15) is 13.2 Å². The van der Waals surface area contributed by atoms with Crippen LogP contribution in [0.1, 0.15) is 12.8 Å². The van der Waals surface area contributed by atoms with Crippen LogP contribution in [0.4, 0.5) is 13.2 Å². The first-order chi connectivity index (χ1) is 8.05. The van der Waals surface area contributed by atoms with E-state index in [1.54, 1.807) is 17.1 Å². The van der Waals surface area contributed by atoms with E-state index >= 15 is 0 Å². The Morgan fingerprint density at radius 1 is 1.18 bits per heavy atom. The van der Waals surface area contributed by atoms with Crippen molar-refractivity contribution in [2.75, 3.05) is 19.6 Å². The lowest BCUT2D eigenvalue weighted by molar-refractivity contribution is -0.185. The highest BCUT2D eigenvalue weighted by atomic mass is 19.4. The summed E-state index contributed by atoms with van der Waals surface area (Å²) in [7, 11) is 0. The average Bonchev–Trinajstić information content (AvgIpc) is 2.78. The fraction of sp³-hybridized carbons (Fsp3) is 0.800. The first-order valence-electron chi connectivity index (χ1n) is 5.69. The van der Waals surface area contributed by atoms with E-state index in [0.717, 1.165) is 6.54 Å². The van der Waals surface area contributed by atoms with Gasteiger partial charge in [0.2, 0.25) is 0 Å². The number of nitrogens with zero attached hydrogens (tertiary/aromatic N) is 4. The van der Waals surface area contributed by atoms with Gasteiger partial charge in [-0.25, -0.2) is 0 Å². The number of hydrogen-bond donors (Lipinski definition) is 0. The molecule has 1 fully saturated rings. The molecule has 0 amide bonds. The minimum atomic E-state index is -4.03. The van der Waals surface area contributed by atoms with E-state index in [1.807, 2.05) is 4.90 Å². The molecule has 0 unspecified atom stereocenters. The summed E-state index contributed by atoms with van der Waals surface area (Å²) < 4.78 is 39.0. The van der Waals surface area contributed by atoms with Crippen LogP contribution in [0.5, 0.6) is 0 Å². The molecule has 1 saturated heterocycles. The Kier molecular flexibility index (Phi) is 3.66. The van der Waals surface area contributed by atoms with Gasteiger partial charge in [0.25, 0.3) is 0 Å². The van der Waals surface area contributed by atoms with Crippen LogP contribution in [0.2, 0.25) is 0 Å². The zero-order chi connectivity index (χ0) is 12.3. The van der Waals surface area contributed by atoms with Gasteiger partial charge >= 0.3 is 6.18 Å². The van der Waals surface area contributed by atoms with Gasteiger partial charge in [0.1, 0.15) is 0 Å². The molecule has 2 rings (SSSR count). The van der Waals surface area contributed by atoms with E-state index in [2.05, 4.69) is 10.3 Å². The van der Waals surface area contributed by atoms with E-state index in [1.165, 1.54) is 0 Å². The van der Waals surface area contributed by atoms with Gasteiger partial charge in [-0.1, -0.05) is 5.21 Å². The van der Waals surface area contributed by atoms with Crippen molar-refractivity contribution in [2.45, 2.75) is 25.6 Å². The van der Waals surface area contributed by atoms with Crippen molar-refractivity contribution in [1.29, 1.82) is 0 Å². The van der Waals surface area contributed by atoms with Crippen LogP contribution in [0.25, 0.3) is 0 Å². The van der Waals surface area contributed by atoms with Crippen LogP contribution >= 0.6 is 0 Å². The second kappa shape index (κ2) is 5.03. The maximum absolute atomic E-state index is 12.4. The van der Waals surface area contributed by atoms with E-state index in [-0.39, 0.29) is 12.8 Å². The molecule has 17 heavy (non-hydrogen) atoms. The lowest BCUT2D eigenvalue weighted by atomic mass is 9.96. The van der Waals surface area contributed by atoms with Crippen molar-refractivity contribution in [2.24, 2.45) is 5.92 Å². The molecular formula is C10H15F3N4. The number of alkyl halides is 3. The Morgan fingerprint density at radius 2 is 1.88 bits per heavy atom. The van der Waals surface area contributed by atoms with E-state index in [4.69, 9.17) is 0 Å². The molecule has 0 saturated carbocycles. The molecule has 0 N–H and O–H groups in total. The van der Waals surface area contributed by atoms with Crippen molar-refractivity contribution in [3.05, 3.63) is 12.4 Å². The molecule has 1 aliphatic heterocycles. The Morgan fingerprint density at radius 3 is 2.41 bits per heavy atom. The number of piperidine rings is 1.